The molecule has 1 amide bonds. The van der Waals surface area contributed by atoms with Crippen LogP contribution in [0.3, 0.4) is 0 Å². The summed E-state index contributed by atoms with van der Waals surface area (Å²) in [7, 11) is -1.65. The van der Waals surface area contributed by atoms with Crippen LogP contribution >= 0.6 is 0 Å². The van der Waals surface area contributed by atoms with E-state index in [4.69, 9.17) is 0 Å². The molecule has 1 aliphatic heterocycles. The van der Waals surface area contributed by atoms with Crippen molar-refractivity contribution >= 4 is 15.9 Å². The predicted molar refractivity (Wildman–Crippen MR) is 112 cm³/mol. The van der Waals surface area contributed by atoms with Gasteiger partial charge in [0.05, 0.1) is 4.90 Å². The van der Waals surface area contributed by atoms with Gasteiger partial charge in [0.15, 0.2) is 0 Å². The zero-order valence-corrected chi connectivity index (χ0v) is 18.9. The first-order valence-electron chi connectivity index (χ1n) is 10.4. The molecule has 6 heteroatoms. The number of hydrogen-bond acceptors (Lipinski definition) is 3. The molecule has 0 aromatic heterocycles. The maximum atomic E-state index is 13.4. The normalized spacial score (nSPS) is 20.2. The van der Waals surface area contributed by atoms with Crippen LogP contribution < -0.4 is 0 Å². The summed E-state index contributed by atoms with van der Waals surface area (Å²) >= 11 is 0. The van der Waals surface area contributed by atoms with Crippen LogP contribution in [-0.2, 0) is 14.8 Å². The lowest BCUT2D eigenvalue weighted by Gasteiger charge is -2.35. The van der Waals surface area contributed by atoms with Crippen molar-refractivity contribution in [2.24, 2.45) is 11.8 Å². The number of carbonyl (C=O) groups excluding carboxylic acids is 1. The molecule has 1 atom stereocenters. The van der Waals surface area contributed by atoms with Crippen molar-refractivity contribution in [1.29, 1.82) is 0 Å². The van der Waals surface area contributed by atoms with E-state index in [1.807, 2.05) is 45.7 Å². The highest BCUT2D eigenvalue weighted by molar-refractivity contribution is 7.89. The van der Waals surface area contributed by atoms with Crippen LogP contribution in [0.1, 0.15) is 54.9 Å². The minimum atomic E-state index is -3.55. The molecule has 1 saturated heterocycles. The van der Waals surface area contributed by atoms with Gasteiger partial charge in [-0.1, -0.05) is 6.07 Å². The molecular formula is C22H34N2O3S. The monoisotopic (exact) mass is 406 g/mol. The molecule has 5 nitrogen and oxygen atoms in total. The standard InChI is InChI=1S/C22H34N2O3S/c1-14-13-15(2)17(4)21(16(14)3)28(26,27)24-11-9-20(10-12-24)22(25)23(6)18(5)19-7-8-19/h13,18-20H,7-12H2,1-6H3. The second-order valence-corrected chi connectivity index (χ2v) is 10.7. The first-order chi connectivity index (χ1) is 13.1. The van der Waals surface area contributed by atoms with Gasteiger partial charge in [-0.15, -0.1) is 0 Å². The van der Waals surface area contributed by atoms with Crippen LogP contribution in [0.2, 0.25) is 0 Å². The van der Waals surface area contributed by atoms with E-state index < -0.39 is 10.0 Å². The molecule has 2 aliphatic rings. The summed E-state index contributed by atoms with van der Waals surface area (Å²) in [5.74, 6) is 0.749. The first-order valence-corrected chi connectivity index (χ1v) is 11.8. The van der Waals surface area contributed by atoms with E-state index in [9.17, 15) is 13.2 Å². The van der Waals surface area contributed by atoms with Gasteiger partial charge in [-0.25, -0.2) is 8.42 Å². The maximum absolute atomic E-state index is 13.4. The second kappa shape index (κ2) is 7.79. The Bertz CT molecular complexity index is 840. The Hall–Kier alpha value is -1.40. The number of piperidine rings is 1. The highest BCUT2D eigenvalue weighted by atomic mass is 32.2. The lowest BCUT2D eigenvalue weighted by atomic mass is 9.96. The molecule has 1 heterocycles. The lowest BCUT2D eigenvalue weighted by molar-refractivity contribution is -0.137. The van der Waals surface area contributed by atoms with Crippen molar-refractivity contribution < 1.29 is 13.2 Å². The fourth-order valence-electron chi connectivity index (χ4n) is 4.42. The Balaban J connectivity index is 1.73. The maximum Gasteiger partial charge on any atom is 0.243 e. The summed E-state index contributed by atoms with van der Waals surface area (Å²) in [6.45, 7) is 10.6. The summed E-state index contributed by atoms with van der Waals surface area (Å²) in [5.41, 5.74) is 3.67. The molecule has 1 saturated carbocycles. The Morgan fingerprint density at radius 2 is 1.54 bits per heavy atom. The minimum absolute atomic E-state index is 0.0703. The van der Waals surface area contributed by atoms with Crippen LogP contribution in [0.25, 0.3) is 0 Å². The van der Waals surface area contributed by atoms with Crippen molar-refractivity contribution in [3.8, 4) is 0 Å². The van der Waals surface area contributed by atoms with E-state index in [-0.39, 0.29) is 17.9 Å². The predicted octanol–water partition coefficient (Wildman–Crippen LogP) is 3.58. The number of carbonyl (C=O) groups is 1. The second-order valence-electron chi connectivity index (χ2n) is 8.80. The Labute approximate surface area is 170 Å². The highest BCUT2D eigenvalue weighted by Crippen LogP contribution is 2.36. The van der Waals surface area contributed by atoms with Gasteiger partial charge in [-0.3, -0.25) is 4.79 Å². The van der Waals surface area contributed by atoms with Gasteiger partial charge in [-0.05, 0) is 88.5 Å². The zero-order valence-electron chi connectivity index (χ0n) is 18.1. The molecule has 156 valence electrons. The van der Waals surface area contributed by atoms with Gasteiger partial charge in [-0.2, -0.15) is 4.31 Å². The molecule has 0 bridgehead atoms. The number of sulfonamides is 1. The Morgan fingerprint density at radius 1 is 1.04 bits per heavy atom. The molecule has 3 rings (SSSR count). The van der Waals surface area contributed by atoms with Crippen LogP contribution in [0.15, 0.2) is 11.0 Å². The third kappa shape index (κ3) is 3.86. The lowest BCUT2D eigenvalue weighted by Crippen LogP contribution is -2.46. The third-order valence-electron chi connectivity index (χ3n) is 6.96. The van der Waals surface area contributed by atoms with E-state index in [2.05, 4.69) is 6.92 Å². The smallest absolute Gasteiger partial charge is 0.243 e. The summed E-state index contributed by atoms with van der Waals surface area (Å²) in [6, 6.07) is 2.33. The van der Waals surface area contributed by atoms with Gasteiger partial charge in [0.25, 0.3) is 0 Å². The average Bonchev–Trinajstić information content (AvgIpc) is 3.50. The van der Waals surface area contributed by atoms with Crippen LogP contribution in [0, 0.1) is 39.5 Å². The van der Waals surface area contributed by atoms with E-state index in [1.54, 1.807) is 4.31 Å². The number of hydrogen-bond donors (Lipinski definition) is 0. The molecule has 0 N–H and O–H groups in total. The average molecular weight is 407 g/mol. The molecule has 1 aromatic rings. The van der Waals surface area contributed by atoms with Gasteiger partial charge >= 0.3 is 0 Å². The van der Waals surface area contributed by atoms with E-state index in [0.29, 0.717) is 36.7 Å². The SMILES string of the molecule is Cc1cc(C)c(C)c(S(=O)(=O)N2CCC(C(=O)N(C)C(C)C3CC3)CC2)c1C. The van der Waals surface area contributed by atoms with Crippen molar-refractivity contribution in [2.75, 3.05) is 20.1 Å². The zero-order chi connectivity index (χ0) is 20.8. The largest absolute Gasteiger partial charge is 0.343 e. The number of amides is 1. The highest BCUT2D eigenvalue weighted by Gasteiger charge is 2.38. The van der Waals surface area contributed by atoms with E-state index in [0.717, 1.165) is 22.3 Å². The number of aryl methyl sites for hydroxylation is 2. The fourth-order valence-corrected chi connectivity index (χ4v) is 6.47. The van der Waals surface area contributed by atoms with Gasteiger partial charge in [0.1, 0.15) is 0 Å². The topological polar surface area (TPSA) is 57.7 Å². The number of rotatable bonds is 5. The van der Waals surface area contributed by atoms with Crippen LogP contribution in [0.5, 0.6) is 0 Å². The summed E-state index contributed by atoms with van der Waals surface area (Å²) in [6.07, 6.45) is 3.62. The molecule has 0 radical (unpaired) electrons. The summed E-state index contributed by atoms with van der Waals surface area (Å²) in [5, 5.41) is 0. The Kier molecular flexibility index (Phi) is 5.93. The molecule has 2 fully saturated rings. The number of nitrogens with zero attached hydrogens (tertiary/aromatic N) is 2. The van der Waals surface area contributed by atoms with Crippen LogP contribution in [-0.4, -0.2) is 49.7 Å². The van der Waals surface area contributed by atoms with Crippen molar-refractivity contribution in [1.82, 2.24) is 9.21 Å². The van der Waals surface area contributed by atoms with Crippen LogP contribution in [0.4, 0.5) is 0 Å². The quantitative estimate of drug-likeness (QED) is 0.751. The van der Waals surface area contributed by atoms with Crippen molar-refractivity contribution in [3.05, 3.63) is 28.3 Å². The fraction of sp³-hybridized carbons (Fsp3) is 0.682. The minimum Gasteiger partial charge on any atom is -0.343 e. The first kappa shape index (κ1) is 21.3. The molecule has 28 heavy (non-hydrogen) atoms. The Morgan fingerprint density at radius 3 is 2.00 bits per heavy atom. The molecule has 1 aromatic carbocycles. The molecular weight excluding hydrogens is 372 g/mol. The summed E-state index contributed by atoms with van der Waals surface area (Å²) < 4.78 is 28.3. The van der Waals surface area contributed by atoms with E-state index in [1.165, 1.54) is 12.8 Å². The molecule has 0 spiro atoms. The van der Waals surface area contributed by atoms with Crippen molar-refractivity contribution in [2.45, 2.75) is 71.2 Å². The number of benzene rings is 1. The van der Waals surface area contributed by atoms with Crippen molar-refractivity contribution in [3.63, 3.8) is 0 Å². The molecule has 1 unspecified atom stereocenters. The van der Waals surface area contributed by atoms with Gasteiger partial charge < -0.3 is 4.90 Å². The summed E-state index contributed by atoms with van der Waals surface area (Å²) in [4.78, 5) is 15.2. The van der Waals surface area contributed by atoms with Gasteiger partial charge in [0, 0.05) is 32.1 Å². The van der Waals surface area contributed by atoms with E-state index >= 15 is 0 Å². The van der Waals surface area contributed by atoms with Gasteiger partial charge in [0.2, 0.25) is 15.9 Å². The molecule has 1 aliphatic carbocycles. The third-order valence-corrected chi connectivity index (χ3v) is 9.13.